The Morgan fingerprint density at radius 3 is 2.50 bits per heavy atom. The molecule has 22 heavy (non-hydrogen) atoms. The highest BCUT2D eigenvalue weighted by molar-refractivity contribution is 7.12. The van der Waals surface area contributed by atoms with Crippen LogP contribution in [0.15, 0.2) is 36.4 Å². The number of ether oxygens (including phenoxy) is 1. The lowest BCUT2D eigenvalue weighted by Crippen LogP contribution is -2.37. The van der Waals surface area contributed by atoms with Gasteiger partial charge in [0.15, 0.2) is 0 Å². The van der Waals surface area contributed by atoms with Crippen LogP contribution in [-0.2, 0) is 11.2 Å². The van der Waals surface area contributed by atoms with Crippen LogP contribution in [-0.4, -0.2) is 24.2 Å². The van der Waals surface area contributed by atoms with Crippen molar-refractivity contribution >= 4 is 17.2 Å². The fourth-order valence-corrected chi connectivity index (χ4v) is 3.10. The average Bonchev–Trinajstić information content (AvgIpc) is 2.91. The van der Waals surface area contributed by atoms with Crippen LogP contribution in [0, 0.1) is 6.92 Å². The fraction of sp³-hybridized carbons (Fsp3) is 0.353. The van der Waals surface area contributed by atoms with Crippen molar-refractivity contribution < 1.29 is 14.6 Å². The van der Waals surface area contributed by atoms with Crippen molar-refractivity contribution in [3.05, 3.63) is 51.7 Å². The minimum Gasteiger partial charge on any atom is -0.497 e. The lowest BCUT2D eigenvalue weighted by atomic mass is 10.0. The van der Waals surface area contributed by atoms with Crippen molar-refractivity contribution in [3.8, 4) is 5.75 Å². The third kappa shape index (κ3) is 4.32. The van der Waals surface area contributed by atoms with Gasteiger partial charge in [-0.3, -0.25) is 4.79 Å². The maximum absolute atomic E-state index is 12.0. The molecule has 2 rings (SSSR count). The highest BCUT2D eigenvalue weighted by Crippen LogP contribution is 2.20. The van der Waals surface area contributed by atoms with Crippen LogP contribution in [0.25, 0.3) is 0 Å². The molecule has 0 spiro atoms. The van der Waals surface area contributed by atoms with E-state index in [1.54, 1.807) is 49.6 Å². The van der Waals surface area contributed by atoms with Crippen molar-refractivity contribution in [2.45, 2.75) is 32.4 Å². The number of hydrogen-bond donors (Lipinski definition) is 2. The molecule has 118 valence electrons. The Kier molecular flexibility index (Phi) is 5.57. The number of hydrogen-bond acceptors (Lipinski definition) is 4. The number of carbonyl (C=O) groups is 1. The molecule has 0 aliphatic heterocycles. The molecule has 0 saturated carbocycles. The summed E-state index contributed by atoms with van der Waals surface area (Å²) in [5.74, 6) is 0.655. The summed E-state index contributed by atoms with van der Waals surface area (Å²) in [5, 5.41) is 13.2. The van der Waals surface area contributed by atoms with Crippen LogP contribution in [0.5, 0.6) is 5.75 Å². The fourth-order valence-electron chi connectivity index (χ4n) is 2.21. The van der Waals surface area contributed by atoms with Crippen LogP contribution in [0.2, 0.25) is 0 Å². The Bertz CT molecular complexity index is 621. The van der Waals surface area contributed by atoms with E-state index in [1.165, 1.54) is 4.88 Å². The summed E-state index contributed by atoms with van der Waals surface area (Å²) in [6, 6.07) is 10.8. The van der Waals surface area contributed by atoms with Gasteiger partial charge in [-0.25, -0.2) is 0 Å². The maximum Gasteiger partial charge on any atom is 0.225 e. The second kappa shape index (κ2) is 7.42. The Morgan fingerprint density at radius 2 is 1.95 bits per heavy atom. The number of aliphatic hydroxyl groups excluding tert-OH is 1. The molecular formula is C17H21NO3S. The Morgan fingerprint density at radius 1 is 1.27 bits per heavy atom. The zero-order valence-corrected chi connectivity index (χ0v) is 13.8. The predicted octanol–water partition coefficient (Wildman–Crippen LogP) is 2.85. The molecule has 1 heterocycles. The quantitative estimate of drug-likeness (QED) is 0.861. The van der Waals surface area contributed by atoms with Gasteiger partial charge in [-0.1, -0.05) is 12.1 Å². The number of rotatable bonds is 6. The molecule has 0 saturated heterocycles. The van der Waals surface area contributed by atoms with Gasteiger partial charge in [0.05, 0.1) is 25.7 Å². The monoisotopic (exact) mass is 319 g/mol. The first-order valence-corrected chi connectivity index (χ1v) is 7.98. The standard InChI is InChI=1S/C17H21NO3S/c1-11-4-9-15(22-11)10-16(19)18-12(2)17(20)13-5-7-14(21-3)8-6-13/h4-9,12,17,20H,10H2,1-3H3,(H,18,19). The number of thiophene rings is 1. The van der Waals surface area contributed by atoms with Gasteiger partial charge >= 0.3 is 0 Å². The Labute approximate surface area is 134 Å². The average molecular weight is 319 g/mol. The van der Waals surface area contributed by atoms with Gasteiger partial charge in [-0.15, -0.1) is 11.3 Å². The van der Waals surface area contributed by atoms with E-state index in [2.05, 4.69) is 5.32 Å². The van der Waals surface area contributed by atoms with Gasteiger partial charge in [-0.05, 0) is 43.7 Å². The molecule has 2 atom stereocenters. The first-order chi connectivity index (χ1) is 10.5. The Balaban J connectivity index is 1.92. The molecule has 1 amide bonds. The van der Waals surface area contributed by atoms with Gasteiger partial charge < -0.3 is 15.2 Å². The van der Waals surface area contributed by atoms with Crippen molar-refractivity contribution in [1.82, 2.24) is 5.32 Å². The summed E-state index contributed by atoms with van der Waals surface area (Å²) in [6.07, 6.45) is -0.405. The molecule has 0 aliphatic rings. The summed E-state index contributed by atoms with van der Waals surface area (Å²) in [5.41, 5.74) is 0.751. The molecule has 2 N–H and O–H groups in total. The third-order valence-corrected chi connectivity index (χ3v) is 4.45. The lowest BCUT2D eigenvalue weighted by Gasteiger charge is -2.20. The highest BCUT2D eigenvalue weighted by atomic mass is 32.1. The molecule has 1 aromatic carbocycles. The predicted molar refractivity (Wildman–Crippen MR) is 88.3 cm³/mol. The van der Waals surface area contributed by atoms with Crippen LogP contribution in [0.1, 0.15) is 28.3 Å². The second-order valence-corrected chi connectivity index (χ2v) is 6.64. The van der Waals surface area contributed by atoms with Crippen molar-refractivity contribution in [1.29, 1.82) is 0 Å². The first kappa shape index (κ1) is 16.5. The van der Waals surface area contributed by atoms with E-state index < -0.39 is 6.10 Å². The second-order valence-electron chi connectivity index (χ2n) is 5.26. The van der Waals surface area contributed by atoms with E-state index in [0.29, 0.717) is 6.42 Å². The maximum atomic E-state index is 12.0. The molecule has 0 radical (unpaired) electrons. The van der Waals surface area contributed by atoms with Crippen molar-refractivity contribution in [2.24, 2.45) is 0 Å². The number of carbonyl (C=O) groups excluding carboxylic acids is 1. The van der Waals surface area contributed by atoms with Crippen LogP contribution in [0.4, 0.5) is 0 Å². The summed E-state index contributed by atoms with van der Waals surface area (Å²) >= 11 is 1.61. The smallest absolute Gasteiger partial charge is 0.225 e. The minimum absolute atomic E-state index is 0.0816. The van der Waals surface area contributed by atoms with E-state index in [9.17, 15) is 9.90 Å². The number of nitrogens with one attached hydrogen (secondary N) is 1. The largest absolute Gasteiger partial charge is 0.497 e. The minimum atomic E-state index is -0.750. The highest BCUT2D eigenvalue weighted by Gasteiger charge is 2.18. The van der Waals surface area contributed by atoms with E-state index in [4.69, 9.17) is 4.74 Å². The summed E-state index contributed by atoms with van der Waals surface area (Å²) in [4.78, 5) is 14.3. The first-order valence-electron chi connectivity index (χ1n) is 7.16. The lowest BCUT2D eigenvalue weighted by molar-refractivity contribution is -0.121. The number of amides is 1. The molecule has 1 aromatic heterocycles. The number of aliphatic hydroxyl groups is 1. The van der Waals surface area contributed by atoms with Crippen molar-refractivity contribution in [2.75, 3.05) is 7.11 Å². The van der Waals surface area contributed by atoms with Gasteiger partial charge in [-0.2, -0.15) is 0 Å². The van der Waals surface area contributed by atoms with Gasteiger partial charge in [0.25, 0.3) is 0 Å². The zero-order valence-electron chi connectivity index (χ0n) is 13.0. The zero-order chi connectivity index (χ0) is 16.1. The van der Waals surface area contributed by atoms with Crippen LogP contribution < -0.4 is 10.1 Å². The molecule has 2 aromatic rings. The summed E-state index contributed by atoms with van der Waals surface area (Å²) in [7, 11) is 1.60. The van der Waals surface area contributed by atoms with Crippen LogP contribution in [0.3, 0.4) is 0 Å². The normalized spacial score (nSPS) is 13.5. The molecule has 0 aliphatic carbocycles. The molecule has 0 fully saturated rings. The number of methoxy groups -OCH3 is 1. The van der Waals surface area contributed by atoms with Gasteiger partial charge in [0.2, 0.25) is 5.91 Å². The van der Waals surface area contributed by atoms with Gasteiger partial charge in [0.1, 0.15) is 5.75 Å². The molecule has 2 unspecified atom stereocenters. The van der Waals surface area contributed by atoms with Gasteiger partial charge in [0, 0.05) is 9.75 Å². The number of benzene rings is 1. The van der Waals surface area contributed by atoms with E-state index >= 15 is 0 Å². The summed E-state index contributed by atoms with van der Waals surface area (Å²) in [6.45, 7) is 3.81. The Hall–Kier alpha value is -1.85. The van der Waals surface area contributed by atoms with E-state index in [0.717, 1.165) is 16.2 Å². The third-order valence-electron chi connectivity index (χ3n) is 3.45. The molecule has 4 nitrogen and oxygen atoms in total. The van der Waals surface area contributed by atoms with Crippen molar-refractivity contribution in [3.63, 3.8) is 0 Å². The van der Waals surface area contributed by atoms with E-state index in [1.807, 2.05) is 19.1 Å². The summed E-state index contributed by atoms with van der Waals surface area (Å²) < 4.78 is 5.09. The SMILES string of the molecule is COc1ccc(C(O)C(C)NC(=O)Cc2ccc(C)s2)cc1. The van der Waals surface area contributed by atoms with Crippen LogP contribution >= 0.6 is 11.3 Å². The topological polar surface area (TPSA) is 58.6 Å². The molecular weight excluding hydrogens is 298 g/mol. The molecule has 5 heteroatoms. The van der Waals surface area contributed by atoms with E-state index in [-0.39, 0.29) is 11.9 Å². The molecule has 0 bridgehead atoms. The number of aryl methyl sites for hydroxylation is 1.